The Bertz CT molecular complexity index is 1420. The molecule has 0 unspecified atom stereocenters. The molecule has 0 amide bonds. The van der Waals surface area contributed by atoms with Gasteiger partial charge in [0, 0.05) is 17.5 Å². The van der Waals surface area contributed by atoms with Crippen LogP contribution in [0.25, 0.3) is 6.08 Å². The minimum Gasteiger partial charge on any atom is -0.494 e. The highest BCUT2D eigenvalue weighted by atomic mass is 16.5. The topological polar surface area (TPSA) is 151 Å². The monoisotopic (exact) mass is 616 g/mol. The lowest BCUT2D eigenvalue weighted by molar-refractivity contribution is -0.128. The smallest absolute Gasteiger partial charge is 0.338 e. The number of carbonyl (C=O) groups excluding carboxylic acids is 2. The standard InChI is InChI=1S/C36H44N2O7/c1-2-3-9-22-43-29-17-19-30(20-18-29)45-34(39)21-14-26-12-15-27(16-13-26)36(42)44-23-10-7-5-4-6-8-11-31-32(35(40)41)24-28(37)25-33(31)38/h12-21,24-25H,2-11,22-23,37-38H2,1H3,(H,40,41)/b21-14+. The third-order valence-electron chi connectivity index (χ3n) is 7.21. The van der Waals surface area contributed by atoms with Gasteiger partial charge in [0.1, 0.15) is 11.5 Å². The average Bonchev–Trinajstić information content (AvgIpc) is 3.02. The first-order valence-corrected chi connectivity index (χ1v) is 15.6. The van der Waals surface area contributed by atoms with Crippen LogP contribution in [0, 0.1) is 0 Å². The Morgan fingerprint density at radius 2 is 1.42 bits per heavy atom. The zero-order valence-electron chi connectivity index (χ0n) is 26.0. The van der Waals surface area contributed by atoms with Gasteiger partial charge in [-0.1, -0.05) is 57.6 Å². The molecule has 0 fully saturated rings. The minimum absolute atomic E-state index is 0.168. The first-order chi connectivity index (χ1) is 21.8. The van der Waals surface area contributed by atoms with Crippen molar-refractivity contribution in [2.75, 3.05) is 24.7 Å². The molecule has 0 heterocycles. The number of unbranched alkanes of at least 4 members (excludes halogenated alkanes) is 7. The van der Waals surface area contributed by atoms with Gasteiger partial charge in [-0.2, -0.15) is 0 Å². The van der Waals surface area contributed by atoms with Crippen molar-refractivity contribution in [2.24, 2.45) is 0 Å². The van der Waals surface area contributed by atoms with Gasteiger partial charge in [0.2, 0.25) is 0 Å². The molecule has 3 aromatic rings. The summed E-state index contributed by atoms with van der Waals surface area (Å²) in [5, 5.41) is 9.41. The van der Waals surface area contributed by atoms with E-state index in [4.69, 9.17) is 25.7 Å². The molecule has 3 aromatic carbocycles. The Labute approximate surface area is 265 Å². The second-order valence-corrected chi connectivity index (χ2v) is 10.9. The Kier molecular flexibility index (Phi) is 14.5. The molecule has 45 heavy (non-hydrogen) atoms. The fourth-order valence-corrected chi connectivity index (χ4v) is 4.74. The SMILES string of the molecule is CCCCCOc1ccc(OC(=O)/C=C/c2ccc(C(=O)OCCCCCCCCc3c(N)cc(N)cc3C(=O)O)cc2)cc1. The number of carbonyl (C=O) groups is 3. The van der Waals surface area contributed by atoms with E-state index >= 15 is 0 Å². The van der Waals surface area contributed by atoms with Crippen molar-refractivity contribution >= 4 is 35.4 Å². The number of aromatic carboxylic acids is 1. The number of hydrogen-bond donors (Lipinski definition) is 3. The van der Waals surface area contributed by atoms with Gasteiger partial charge in [-0.3, -0.25) is 0 Å². The van der Waals surface area contributed by atoms with Crippen molar-refractivity contribution < 1.29 is 33.7 Å². The third-order valence-corrected chi connectivity index (χ3v) is 7.21. The normalized spacial score (nSPS) is 11.0. The van der Waals surface area contributed by atoms with Crippen LogP contribution in [0.1, 0.15) is 96.6 Å². The average molecular weight is 617 g/mol. The number of nitrogen functional groups attached to an aromatic ring is 2. The van der Waals surface area contributed by atoms with Crippen LogP contribution < -0.4 is 20.9 Å². The van der Waals surface area contributed by atoms with Gasteiger partial charge < -0.3 is 30.8 Å². The van der Waals surface area contributed by atoms with E-state index in [9.17, 15) is 19.5 Å². The van der Waals surface area contributed by atoms with E-state index in [2.05, 4.69) is 6.92 Å². The predicted octanol–water partition coefficient (Wildman–Crippen LogP) is 7.48. The number of esters is 2. The van der Waals surface area contributed by atoms with Crippen LogP contribution >= 0.6 is 0 Å². The summed E-state index contributed by atoms with van der Waals surface area (Å²) in [6.45, 7) is 3.14. The lowest BCUT2D eigenvalue weighted by Gasteiger charge is -2.11. The van der Waals surface area contributed by atoms with E-state index < -0.39 is 17.9 Å². The molecule has 5 N–H and O–H groups in total. The van der Waals surface area contributed by atoms with Crippen LogP contribution in [-0.2, 0) is 16.0 Å². The van der Waals surface area contributed by atoms with Gasteiger partial charge in [0.25, 0.3) is 0 Å². The fourth-order valence-electron chi connectivity index (χ4n) is 4.74. The second-order valence-electron chi connectivity index (χ2n) is 10.9. The van der Waals surface area contributed by atoms with Crippen molar-refractivity contribution in [3.63, 3.8) is 0 Å². The minimum atomic E-state index is -1.02. The van der Waals surface area contributed by atoms with Crippen molar-refractivity contribution in [1.82, 2.24) is 0 Å². The van der Waals surface area contributed by atoms with Gasteiger partial charge in [-0.25, -0.2) is 14.4 Å². The molecule has 0 atom stereocenters. The van der Waals surface area contributed by atoms with E-state index in [0.29, 0.717) is 47.9 Å². The van der Waals surface area contributed by atoms with E-state index in [-0.39, 0.29) is 5.56 Å². The number of rotatable bonds is 19. The molecule has 3 rings (SSSR count). The Morgan fingerprint density at radius 3 is 2.11 bits per heavy atom. The van der Waals surface area contributed by atoms with Crippen LogP contribution in [0.5, 0.6) is 11.5 Å². The summed E-state index contributed by atoms with van der Waals surface area (Å²) in [6, 6.07) is 16.8. The number of ether oxygens (including phenoxy) is 3. The maximum atomic E-state index is 12.4. The van der Waals surface area contributed by atoms with E-state index in [1.165, 1.54) is 12.1 Å². The van der Waals surface area contributed by atoms with Crippen molar-refractivity contribution in [1.29, 1.82) is 0 Å². The second kappa shape index (κ2) is 18.8. The highest BCUT2D eigenvalue weighted by molar-refractivity contribution is 5.93. The summed E-state index contributed by atoms with van der Waals surface area (Å²) >= 11 is 0. The van der Waals surface area contributed by atoms with Crippen molar-refractivity contribution in [3.8, 4) is 11.5 Å². The Hall–Kier alpha value is -4.79. The summed E-state index contributed by atoms with van der Waals surface area (Å²) in [7, 11) is 0. The molecule has 0 saturated heterocycles. The molecule has 0 radical (unpaired) electrons. The predicted molar refractivity (Wildman–Crippen MR) is 176 cm³/mol. The Morgan fingerprint density at radius 1 is 0.778 bits per heavy atom. The maximum absolute atomic E-state index is 12.4. The van der Waals surface area contributed by atoms with Crippen LogP contribution in [0.4, 0.5) is 11.4 Å². The highest BCUT2D eigenvalue weighted by Crippen LogP contribution is 2.24. The lowest BCUT2D eigenvalue weighted by Crippen LogP contribution is -2.07. The lowest BCUT2D eigenvalue weighted by atomic mass is 9.98. The van der Waals surface area contributed by atoms with Gasteiger partial charge in [-0.05, 0) is 91.4 Å². The third kappa shape index (κ3) is 12.4. The zero-order chi connectivity index (χ0) is 32.4. The molecule has 0 aromatic heterocycles. The fraction of sp³-hybridized carbons (Fsp3) is 0.361. The van der Waals surface area contributed by atoms with Gasteiger partial charge in [0.15, 0.2) is 0 Å². The molecule has 9 heteroatoms. The van der Waals surface area contributed by atoms with Crippen LogP contribution in [0.15, 0.2) is 66.7 Å². The first-order valence-electron chi connectivity index (χ1n) is 15.6. The summed E-state index contributed by atoms with van der Waals surface area (Å²) in [4.78, 5) is 36.1. The maximum Gasteiger partial charge on any atom is 0.338 e. The molecule has 9 nitrogen and oxygen atoms in total. The number of carboxylic acid groups (broad SMARTS) is 1. The number of benzene rings is 3. The highest BCUT2D eigenvalue weighted by Gasteiger charge is 2.14. The van der Waals surface area contributed by atoms with Gasteiger partial charge in [-0.15, -0.1) is 0 Å². The van der Waals surface area contributed by atoms with Gasteiger partial charge in [0.05, 0.1) is 24.3 Å². The quantitative estimate of drug-likeness (QED) is 0.0409. The number of nitrogens with two attached hydrogens (primary N) is 2. The number of hydrogen-bond acceptors (Lipinski definition) is 8. The molecule has 240 valence electrons. The van der Waals surface area contributed by atoms with Crippen LogP contribution in [0.2, 0.25) is 0 Å². The molecular weight excluding hydrogens is 572 g/mol. The summed E-state index contributed by atoms with van der Waals surface area (Å²) < 4.78 is 16.4. The Balaban J connectivity index is 1.28. The molecule has 0 aliphatic heterocycles. The zero-order valence-corrected chi connectivity index (χ0v) is 26.0. The molecule has 0 aliphatic carbocycles. The number of anilines is 2. The summed E-state index contributed by atoms with van der Waals surface area (Å²) in [5.74, 6) is -0.749. The molecule has 0 spiro atoms. The first kappa shape index (κ1) is 34.7. The van der Waals surface area contributed by atoms with E-state index in [1.807, 2.05) is 0 Å². The molecular formula is C36H44N2O7. The van der Waals surface area contributed by atoms with Crippen LogP contribution in [0.3, 0.4) is 0 Å². The molecule has 0 bridgehead atoms. The van der Waals surface area contributed by atoms with E-state index in [1.54, 1.807) is 60.7 Å². The largest absolute Gasteiger partial charge is 0.494 e. The summed E-state index contributed by atoms with van der Waals surface area (Å²) in [5.41, 5.74) is 14.5. The van der Waals surface area contributed by atoms with Crippen LogP contribution in [-0.4, -0.2) is 36.2 Å². The number of carboxylic acids is 1. The van der Waals surface area contributed by atoms with Crippen molar-refractivity contribution in [2.45, 2.75) is 71.1 Å². The molecule has 0 saturated carbocycles. The van der Waals surface area contributed by atoms with Crippen molar-refractivity contribution in [3.05, 3.63) is 89.0 Å². The van der Waals surface area contributed by atoms with E-state index in [0.717, 1.165) is 69.1 Å². The van der Waals surface area contributed by atoms with Gasteiger partial charge >= 0.3 is 17.9 Å². The molecule has 0 aliphatic rings. The summed E-state index contributed by atoms with van der Waals surface area (Å²) in [6.07, 6.45) is 12.3.